The van der Waals surface area contributed by atoms with Crippen LogP contribution in [0, 0.1) is 6.92 Å². The topological polar surface area (TPSA) is 129 Å². The van der Waals surface area contributed by atoms with Gasteiger partial charge in [-0.2, -0.15) is 0 Å². The minimum Gasteiger partial charge on any atom is -0.858 e. The summed E-state index contributed by atoms with van der Waals surface area (Å²) < 4.78 is 0. The number of rotatable bonds is 6. The first-order valence-electron chi connectivity index (χ1n) is 16.8. The number of aliphatic imine (C=N–C) groups is 1. The molecule has 7 nitrogen and oxygen atoms in total. The molecule has 1 radical (unpaired) electrons. The minimum absolute atomic E-state index is 0. The average Bonchev–Trinajstić information content (AvgIpc) is 3.17. The number of hydrogen-bond donors (Lipinski definition) is 0. The van der Waals surface area contributed by atoms with E-state index < -0.39 is 19.2 Å². The van der Waals surface area contributed by atoms with Crippen LogP contribution in [-0.2, 0) is 26.4 Å². The first-order chi connectivity index (χ1) is 25.6. The second-order valence-electron chi connectivity index (χ2n) is 11.6. The Kier molecular flexibility index (Phi) is 17.0. The summed E-state index contributed by atoms with van der Waals surface area (Å²) in [6.45, 7) is 3.85. The first kappa shape index (κ1) is 42.5. The fourth-order valence-electron chi connectivity index (χ4n) is 5.66. The van der Waals surface area contributed by atoms with Crippen molar-refractivity contribution >= 4 is 62.9 Å². The molecule has 54 heavy (non-hydrogen) atoms. The number of carboxylic acid groups (broad SMARTS) is 2. The molecule has 0 saturated carbocycles. The van der Waals surface area contributed by atoms with Crippen LogP contribution in [0.2, 0.25) is 0 Å². The molecule has 0 N–H and O–H groups in total. The maximum absolute atomic E-state index is 12.3. The van der Waals surface area contributed by atoms with E-state index >= 15 is 0 Å². The van der Waals surface area contributed by atoms with Crippen LogP contribution in [0.5, 0.6) is 0 Å². The smallest absolute Gasteiger partial charge is 0.858 e. The van der Waals surface area contributed by atoms with Gasteiger partial charge in [-0.1, -0.05) is 115 Å². The van der Waals surface area contributed by atoms with E-state index in [1.54, 1.807) is 12.3 Å². The van der Waals surface area contributed by atoms with Crippen LogP contribution in [0.1, 0.15) is 25.0 Å². The zero-order valence-electron chi connectivity index (χ0n) is 30.0. The van der Waals surface area contributed by atoms with Crippen LogP contribution < -0.4 is 36.5 Å². The summed E-state index contributed by atoms with van der Waals surface area (Å²) in [5.74, 6) is -2.40. The Balaban J connectivity index is 0.000000243. The van der Waals surface area contributed by atoms with Crippen molar-refractivity contribution in [1.29, 1.82) is 0 Å². The number of carboxylic acids is 2. The maximum Gasteiger partial charge on any atom is 2.00 e. The maximum atomic E-state index is 12.3. The number of aryl methyl sites for hydroxylation is 1. The Labute approximate surface area is 327 Å². The van der Waals surface area contributed by atoms with Crippen molar-refractivity contribution < 1.29 is 41.7 Å². The number of benzene rings is 6. The molecule has 273 valence electrons. The van der Waals surface area contributed by atoms with Crippen LogP contribution in [0.4, 0.5) is 5.69 Å². The van der Waals surface area contributed by atoms with E-state index in [2.05, 4.69) is 131 Å². The minimum atomic E-state index is -1.91. The van der Waals surface area contributed by atoms with E-state index in [9.17, 15) is 5.11 Å². The van der Waals surface area contributed by atoms with Gasteiger partial charge in [-0.15, -0.1) is 0 Å². The van der Waals surface area contributed by atoms with Gasteiger partial charge in [-0.3, -0.25) is 9.98 Å². The Hall–Kier alpha value is -5.92. The Morgan fingerprint density at radius 1 is 0.519 bits per heavy atom. The molecular formula is C45H39CoN2O5P. The number of nitrogens with zero attached hydrogens (tertiary/aromatic N) is 2. The number of aliphatic carboxylic acids is 2. The van der Waals surface area contributed by atoms with E-state index in [1.807, 2.05) is 55.5 Å². The van der Waals surface area contributed by atoms with Crippen molar-refractivity contribution in [3.05, 3.63) is 193 Å². The van der Waals surface area contributed by atoms with Crippen molar-refractivity contribution in [2.75, 3.05) is 0 Å². The summed E-state index contributed by atoms with van der Waals surface area (Å²) in [5, 5.41) is 36.6. The van der Waals surface area contributed by atoms with Crippen molar-refractivity contribution in [1.82, 2.24) is 4.98 Å². The van der Waals surface area contributed by atoms with Gasteiger partial charge in [0.2, 0.25) is 0 Å². The van der Waals surface area contributed by atoms with E-state index in [1.165, 1.54) is 21.2 Å². The second kappa shape index (κ2) is 21.6. The second-order valence-corrected chi connectivity index (χ2v) is 15.0. The van der Waals surface area contributed by atoms with Crippen molar-refractivity contribution in [3.8, 4) is 0 Å². The molecule has 0 aliphatic carbocycles. The summed E-state index contributed by atoms with van der Waals surface area (Å²) in [5.41, 5.74) is 2.91. The van der Waals surface area contributed by atoms with Crippen molar-refractivity contribution in [2.24, 2.45) is 4.99 Å². The van der Waals surface area contributed by atoms with Crippen molar-refractivity contribution in [3.63, 3.8) is 0 Å². The first-order valence-corrected chi connectivity index (χ1v) is 18.6. The predicted octanol–water partition coefficient (Wildman–Crippen LogP) is 4.80. The third kappa shape index (κ3) is 11.5. The van der Waals surface area contributed by atoms with Gasteiger partial charge in [0.05, 0.1) is 11.2 Å². The van der Waals surface area contributed by atoms with Gasteiger partial charge in [-0.25, -0.2) is 0 Å². The quantitative estimate of drug-likeness (QED) is 0.136. The molecule has 1 heterocycles. The third-order valence-corrected chi connectivity index (χ3v) is 12.1. The number of hydrogen-bond acceptors (Lipinski definition) is 7. The fourth-order valence-corrected chi connectivity index (χ4v) is 9.93. The number of fused-ring (bicyclic) bond motifs is 1. The van der Waals surface area contributed by atoms with Gasteiger partial charge in [0.15, 0.2) is 0 Å². The van der Waals surface area contributed by atoms with Crippen LogP contribution in [0.3, 0.4) is 0 Å². The number of carbonyl (C=O) groups is 2. The fraction of sp³-hybridized carbons (Fsp3) is 0.0667. The van der Waals surface area contributed by atoms with Gasteiger partial charge in [0, 0.05) is 23.5 Å². The summed E-state index contributed by atoms with van der Waals surface area (Å²) in [4.78, 5) is 26.3. The summed E-state index contributed by atoms with van der Waals surface area (Å²) in [7, 11) is -1.91. The van der Waals surface area contributed by atoms with E-state index in [0.717, 1.165) is 30.3 Å². The molecule has 1 aromatic heterocycles. The molecule has 0 bridgehead atoms. The van der Waals surface area contributed by atoms with Crippen LogP contribution in [-0.4, -0.2) is 22.8 Å². The molecule has 0 spiro atoms. The Morgan fingerprint density at radius 3 is 1.30 bits per heavy atom. The zero-order valence-corrected chi connectivity index (χ0v) is 32.0. The van der Waals surface area contributed by atoms with Crippen molar-refractivity contribution in [2.45, 2.75) is 20.8 Å². The Morgan fingerprint density at radius 2 is 0.889 bits per heavy atom. The van der Waals surface area contributed by atoms with Crippen LogP contribution in [0.25, 0.3) is 10.9 Å². The molecule has 0 amide bonds. The Bertz CT molecular complexity index is 2050. The summed E-state index contributed by atoms with van der Waals surface area (Å²) in [6.07, 6.45) is 1.71. The van der Waals surface area contributed by atoms with E-state index in [-0.39, 0.29) is 22.7 Å². The molecule has 7 rings (SSSR count). The summed E-state index contributed by atoms with van der Waals surface area (Å²) >= 11 is 0. The third-order valence-electron chi connectivity index (χ3n) is 7.78. The monoisotopic (exact) mass is 777 g/mol. The molecule has 9 heteroatoms. The van der Waals surface area contributed by atoms with E-state index in [4.69, 9.17) is 19.8 Å². The molecule has 0 fully saturated rings. The van der Waals surface area contributed by atoms with Gasteiger partial charge >= 0.3 is 16.8 Å². The predicted molar refractivity (Wildman–Crippen MR) is 212 cm³/mol. The number of pyridine rings is 1. The van der Waals surface area contributed by atoms with E-state index in [0.29, 0.717) is 11.3 Å². The van der Waals surface area contributed by atoms with Gasteiger partial charge in [-0.05, 0) is 98.5 Å². The molecule has 0 atom stereocenters. The normalized spacial score (nSPS) is 10.5. The largest absolute Gasteiger partial charge is 2.00 e. The molecule has 0 saturated heterocycles. The average molecular weight is 778 g/mol. The zero-order chi connectivity index (χ0) is 38.1. The van der Waals surface area contributed by atoms with Gasteiger partial charge in [0.1, 0.15) is 28.5 Å². The van der Waals surface area contributed by atoms with Crippen LogP contribution in [0.15, 0.2) is 187 Å². The number of aromatic nitrogens is 1. The molecule has 0 aliphatic heterocycles. The van der Waals surface area contributed by atoms with Crippen LogP contribution >= 0.6 is 7.26 Å². The van der Waals surface area contributed by atoms with Gasteiger partial charge < -0.3 is 24.9 Å². The number of para-hydroxylation sites is 1. The molecule has 0 aliphatic rings. The molecular weight excluding hydrogens is 738 g/mol. The molecule has 6 aromatic carbocycles. The SMILES string of the molecule is CC(=O)[O-].CC(=O)[O-].Cc1ccccc1C([O-])=Nc1cccc2cccnc12.[Co+2].c1ccc([P+](c2ccccc2)(c2ccccc2)c2ccccc2)cc1. The molecule has 0 unspecified atom stereocenters. The number of carbonyl (C=O) groups excluding carboxylic acids is 2. The van der Waals surface area contributed by atoms with Gasteiger partial charge in [0.25, 0.3) is 0 Å². The molecule has 7 aromatic rings. The standard InChI is InChI=1S/C24H20P.C17H14N2O.2C2H4O2.Co/c1-5-13-21(14-6-1)25(22-15-7-2-8-16-22,23-17-9-3-10-18-23)24-19-11-4-12-20-24;1-12-6-2-3-9-14(12)17(20)19-15-10-4-7-13-8-5-11-18-16(13)15;2*1-2(3)4;/h1-20H;2-11H,1H3,(H,19,20);2*1H3,(H,3,4);/q+1;;;;+2/p-3. The summed E-state index contributed by atoms with van der Waals surface area (Å²) in [6, 6.07) is 60.8.